The maximum atomic E-state index is 13.0. The number of likely N-dealkylation sites (tertiary alicyclic amines) is 1. The van der Waals surface area contributed by atoms with Crippen molar-refractivity contribution in [3.8, 4) is 11.5 Å². The average molecular weight is 393 g/mol. The maximum absolute atomic E-state index is 13.0. The summed E-state index contributed by atoms with van der Waals surface area (Å²) in [5.74, 6) is 2.09. The minimum absolute atomic E-state index is 0.0306. The molecule has 3 aromatic heterocycles. The van der Waals surface area contributed by atoms with Crippen molar-refractivity contribution in [1.29, 1.82) is 0 Å². The van der Waals surface area contributed by atoms with E-state index >= 15 is 0 Å². The molecule has 1 unspecified atom stereocenters. The number of piperidine rings is 1. The Hall–Kier alpha value is -2.93. The molecule has 1 fully saturated rings. The van der Waals surface area contributed by atoms with Crippen LogP contribution in [0.3, 0.4) is 0 Å². The van der Waals surface area contributed by atoms with Gasteiger partial charge in [0.2, 0.25) is 11.8 Å². The van der Waals surface area contributed by atoms with Crippen LogP contribution in [0, 0.1) is 6.92 Å². The van der Waals surface area contributed by atoms with Crippen molar-refractivity contribution in [2.45, 2.75) is 25.7 Å². The number of carbonyl (C=O) groups is 1. The van der Waals surface area contributed by atoms with Gasteiger partial charge in [-0.1, -0.05) is 0 Å². The fourth-order valence-electron chi connectivity index (χ4n) is 3.76. The van der Waals surface area contributed by atoms with Gasteiger partial charge in [0.25, 0.3) is 5.91 Å². The van der Waals surface area contributed by atoms with Gasteiger partial charge in [-0.25, -0.2) is 0 Å². The van der Waals surface area contributed by atoms with Crippen LogP contribution in [-0.2, 0) is 0 Å². The van der Waals surface area contributed by atoms with Gasteiger partial charge in [0.05, 0.1) is 5.92 Å². The fourth-order valence-corrected chi connectivity index (χ4v) is 4.39. The highest BCUT2D eigenvalue weighted by molar-refractivity contribution is 7.08. The molecule has 0 N–H and O–H groups in total. The highest BCUT2D eigenvalue weighted by atomic mass is 32.1. The number of benzene rings is 1. The molecule has 1 aliphatic rings. The number of aryl methyl sites for hydroxylation is 1. The van der Waals surface area contributed by atoms with Gasteiger partial charge < -0.3 is 13.7 Å². The monoisotopic (exact) mass is 393 g/mol. The molecule has 1 aliphatic heterocycles. The Bertz CT molecular complexity index is 1130. The number of thiophene rings is 1. The Labute approximate surface area is 165 Å². The van der Waals surface area contributed by atoms with Crippen LogP contribution in [0.2, 0.25) is 0 Å². The molecule has 0 radical (unpaired) electrons. The lowest BCUT2D eigenvalue weighted by atomic mass is 9.97. The summed E-state index contributed by atoms with van der Waals surface area (Å²) in [5, 5.41) is 13.3. The first-order valence-corrected chi connectivity index (χ1v) is 10.3. The van der Waals surface area contributed by atoms with Crippen LogP contribution in [-0.4, -0.2) is 34.1 Å². The molecule has 0 aliphatic carbocycles. The highest BCUT2D eigenvalue weighted by Crippen LogP contribution is 2.30. The number of carbonyl (C=O) groups excluding carboxylic acids is 1. The van der Waals surface area contributed by atoms with Crippen molar-refractivity contribution >= 4 is 28.2 Å². The molecule has 5 rings (SSSR count). The quantitative estimate of drug-likeness (QED) is 0.496. The van der Waals surface area contributed by atoms with E-state index in [0.717, 1.165) is 41.7 Å². The summed E-state index contributed by atoms with van der Waals surface area (Å²) in [5.41, 5.74) is 2.42. The Morgan fingerprint density at radius 2 is 2.14 bits per heavy atom. The molecule has 7 heteroatoms. The standard InChI is InChI=1S/C21H19N3O3S/c1-13-9-17-10-14(4-5-18(17)26-13)21(25)24-7-2-3-15(11-24)19-22-23-20(27-19)16-6-8-28-12-16/h4-6,8-10,12,15H,2-3,7,11H2,1H3. The zero-order valence-electron chi connectivity index (χ0n) is 15.4. The van der Waals surface area contributed by atoms with Crippen molar-refractivity contribution in [3.63, 3.8) is 0 Å². The van der Waals surface area contributed by atoms with Crippen molar-refractivity contribution < 1.29 is 13.6 Å². The van der Waals surface area contributed by atoms with Crippen LogP contribution < -0.4 is 0 Å². The van der Waals surface area contributed by atoms with E-state index in [1.54, 1.807) is 11.3 Å². The molecular weight excluding hydrogens is 374 g/mol. The molecule has 4 aromatic rings. The highest BCUT2D eigenvalue weighted by Gasteiger charge is 2.29. The lowest BCUT2D eigenvalue weighted by Crippen LogP contribution is -2.39. The first kappa shape index (κ1) is 17.2. The number of nitrogens with zero attached hydrogens (tertiary/aromatic N) is 3. The number of hydrogen-bond donors (Lipinski definition) is 0. The van der Waals surface area contributed by atoms with Crippen LogP contribution in [0.5, 0.6) is 0 Å². The maximum Gasteiger partial charge on any atom is 0.253 e. The summed E-state index contributed by atoms with van der Waals surface area (Å²) in [6.45, 7) is 3.24. The van der Waals surface area contributed by atoms with Gasteiger partial charge in [-0.2, -0.15) is 11.3 Å². The smallest absolute Gasteiger partial charge is 0.253 e. The van der Waals surface area contributed by atoms with E-state index in [-0.39, 0.29) is 11.8 Å². The molecule has 6 nitrogen and oxygen atoms in total. The molecule has 142 valence electrons. The number of aromatic nitrogens is 2. The minimum Gasteiger partial charge on any atom is -0.461 e. The molecule has 1 atom stereocenters. The van der Waals surface area contributed by atoms with E-state index in [1.165, 1.54) is 0 Å². The molecule has 28 heavy (non-hydrogen) atoms. The fraction of sp³-hybridized carbons (Fsp3) is 0.286. The Morgan fingerprint density at radius 1 is 1.21 bits per heavy atom. The normalized spacial score (nSPS) is 17.3. The topological polar surface area (TPSA) is 72.4 Å². The molecule has 1 amide bonds. The second kappa shape index (κ2) is 6.91. The van der Waals surface area contributed by atoms with Crippen molar-refractivity contribution in [3.05, 3.63) is 58.3 Å². The predicted molar refractivity (Wildman–Crippen MR) is 106 cm³/mol. The number of fused-ring (bicyclic) bond motifs is 1. The van der Waals surface area contributed by atoms with Gasteiger partial charge in [0, 0.05) is 35.0 Å². The summed E-state index contributed by atoms with van der Waals surface area (Å²) in [4.78, 5) is 14.9. The zero-order valence-corrected chi connectivity index (χ0v) is 16.2. The SMILES string of the molecule is Cc1cc2cc(C(=O)N3CCCC(c4nnc(-c5ccsc5)o4)C3)ccc2o1. The molecule has 0 spiro atoms. The van der Waals surface area contributed by atoms with E-state index in [4.69, 9.17) is 8.83 Å². The minimum atomic E-state index is 0.0306. The summed E-state index contributed by atoms with van der Waals surface area (Å²) in [6, 6.07) is 9.52. The van der Waals surface area contributed by atoms with E-state index in [9.17, 15) is 4.79 Å². The molecule has 4 heterocycles. The third-order valence-electron chi connectivity index (χ3n) is 5.15. The van der Waals surface area contributed by atoms with Crippen LogP contribution in [0.15, 0.2) is 49.9 Å². The lowest BCUT2D eigenvalue weighted by Gasteiger charge is -2.31. The van der Waals surface area contributed by atoms with Crippen molar-refractivity contribution in [2.75, 3.05) is 13.1 Å². The predicted octanol–water partition coefficient (Wildman–Crippen LogP) is 4.87. The molecular formula is C21H19N3O3S. The summed E-state index contributed by atoms with van der Waals surface area (Å²) < 4.78 is 11.5. The van der Waals surface area contributed by atoms with Crippen molar-refractivity contribution in [1.82, 2.24) is 15.1 Å². The van der Waals surface area contributed by atoms with E-state index in [1.807, 2.05) is 52.9 Å². The van der Waals surface area contributed by atoms with Crippen molar-refractivity contribution in [2.24, 2.45) is 0 Å². The number of rotatable bonds is 3. The van der Waals surface area contributed by atoms with Gasteiger partial charge >= 0.3 is 0 Å². The van der Waals surface area contributed by atoms with Gasteiger partial charge in [0.1, 0.15) is 11.3 Å². The number of furan rings is 1. The number of amides is 1. The summed E-state index contributed by atoms with van der Waals surface area (Å²) >= 11 is 1.60. The van der Waals surface area contributed by atoms with Crippen LogP contribution in [0.1, 0.15) is 40.8 Å². The summed E-state index contributed by atoms with van der Waals surface area (Å²) in [7, 11) is 0. The second-order valence-electron chi connectivity index (χ2n) is 7.16. The van der Waals surface area contributed by atoms with Gasteiger partial charge in [-0.15, -0.1) is 10.2 Å². The Balaban J connectivity index is 1.35. The first-order chi connectivity index (χ1) is 13.7. The first-order valence-electron chi connectivity index (χ1n) is 9.33. The molecule has 0 bridgehead atoms. The Morgan fingerprint density at radius 3 is 3.00 bits per heavy atom. The van der Waals surface area contributed by atoms with Gasteiger partial charge in [-0.3, -0.25) is 4.79 Å². The van der Waals surface area contributed by atoms with Gasteiger partial charge in [0.15, 0.2) is 0 Å². The van der Waals surface area contributed by atoms with Crippen LogP contribution >= 0.6 is 11.3 Å². The average Bonchev–Trinajstić information content (AvgIpc) is 3.45. The Kier molecular flexibility index (Phi) is 4.24. The van der Waals surface area contributed by atoms with E-state index < -0.39 is 0 Å². The third-order valence-corrected chi connectivity index (χ3v) is 5.84. The lowest BCUT2D eigenvalue weighted by molar-refractivity contribution is 0.0698. The second-order valence-corrected chi connectivity index (χ2v) is 7.94. The molecule has 0 saturated carbocycles. The van der Waals surface area contributed by atoms with E-state index in [0.29, 0.717) is 23.9 Å². The van der Waals surface area contributed by atoms with Crippen LogP contribution in [0.4, 0.5) is 0 Å². The number of hydrogen-bond acceptors (Lipinski definition) is 6. The summed E-state index contributed by atoms with van der Waals surface area (Å²) in [6.07, 6.45) is 1.86. The largest absolute Gasteiger partial charge is 0.461 e. The molecule has 1 aromatic carbocycles. The van der Waals surface area contributed by atoms with Crippen LogP contribution in [0.25, 0.3) is 22.4 Å². The third kappa shape index (κ3) is 3.11. The van der Waals surface area contributed by atoms with Gasteiger partial charge in [-0.05, 0) is 55.5 Å². The molecule has 1 saturated heterocycles. The van der Waals surface area contributed by atoms with E-state index in [2.05, 4.69) is 10.2 Å². The zero-order chi connectivity index (χ0) is 19.1.